The first kappa shape index (κ1) is 8.95. The summed E-state index contributed by atoms with van der Waals surface area (Å²) in [5, 5.41) is 0. The van der Waals surface area contributed by atoms with E-state index in [-0.39, 0.29) is 25.9 Å². The van der Waals surface area contributed by atoms with E-state index < -0.39 is 0 Å². The molecule has 0 aromatic carbocycles. The topological polar surface area (TPSA) is 58.7 Å². The van der Waals surface area contributed by atoms with Crippen molar-refractivity contribution in [2.45, 2.75) is 0 Å². The molecule has 4 heavy (non-hydrogen) atoms. The Morgan fingerprint density at radius 3 is 1.50 bits per heavy atom. The number of hydrogen-bond donors (Lipinski definition) is 0. The summed E-state index contributed by atoms with van der Waals surface area (Å²) in [5.41, 5.74) is 13.5. The third kappa shape index (κ3) is 414. The molecule has 0 atom stereocenters. The summed E-state index contributed by atoms with van der Waals surface area (Å²) in [7, 11) is 0. The first-order chi connectivity index (χ1) is 1.41. The molecule has 0 aromatic heterocycles. The van der Waals surface area contributed by atoms with Crippen LogP contribution in [0, 0.1) is 0 Å². The summed E-state index contributed by atoms with van der Waals surface area (Å²) in [6, 6.07) is 0. The van der Waals surface area contributed by atoms with Gasteiger partial charge in [-0.25, -0.2) is 0 Å². The molecule has 0 aliphatic rings. The van der Waals surface area contributed by atoms with E-state index in [4.69, 9.17) is 11.1 Å². The number of nitrogens with zero attached hydrogens (tertiary/aromatic N) is 3. The largest absolute Gasteiger partial charge is 2.00 e. The fraction of sp³-hybridized carbons (Fsp3) is 0. The van der Waals surface area contributed by atoms with Crippen LogP contribution in [-0.2, 0) is 0 Å². The molecule has 0 fully saturated rings. The van der Waals surface area contributed by atoms with Gasteiger partial charge in [0, 0.05) is 0 Å². The zero-order valence-corrected chi connectivity index (χ0v) is 3.46. The molecule has 0 bridgehead atoms. The Kier molecular flexibility index (Phi) is 25.6. The maximum atomic E-state index is 6.75. The van der Waals surface area contributed by atoms with Gasteiger partial charge in [0.1, 0.15) is 0 Å². The van der Waals surface area contributed by atoms with Gasteiger partial charge < -0.3 is 13.9 Å². The fourth-order valence-corrected chi connectivity index (χ4v) is 0. The summed E-state index contributed by atoms with van der Waals surface area (Å²) in [4.78, 5) is 1.50. The third-order valence-corrected chi connectivity index (χ3v) is 0. The van der Waals surface area contributed by atoms with Crippen molar-refractivity contribution in [3.63, 3.8) is 0 Å². The van der Waals surface area contributed by atoms with Crippen molar-refractivity contribution in [3.8, 4) is 0 Å². The third-order valence-electron chi connectivity index (χ3n) is 0. The van der Waals surface area contributed by atoms with Crippen molar-refractivity contribution in [2.75, 3.05) is 0 Å². The Bertz CT molecular complexity index is 29.8. The molecular formula is H2MgN3-. The second-order valence-electron chi connectivity index (χ2n) is 0.0894. The number of rotatable bonds is 0. The van der Waals surface area contributed by atoms with Crippen LogP contribution in [0.4, 0.5) is 0 Å². The summed E-state index contributed by atoms with van der Waals surface area (Å²) >= 11 is 0. The van der Waals surface area contributed by atoms with Gasteiger partial charge in [-0.15, -0.1) is 0 Å². The Balaban J connectivity index is -0.00000000667. The SMILES string of the molecule is [H-].[H-].[Mg+2].[N-]=[N+]=[N-]. The zero-order chi connectivity index (χ0) is 2.71. The van der Waals surface area contributed by atoms with Crippen LogP contribution in [-0.4, -0.2) is 23.1 Å². The monoisotopic (exact) mass is 68.0 g/mol. The zero-order valence-electron chi connectivity index (χ0n) is 4.05. The van der Waals surface area contributed by atoms with E-state index in [1.54, 1.807) is 0 Å². The molecule has 0 amide bonds. The molecular weight excluding hydrogens is 66.3 g/mol. The van der Waals surface area contributed by atoms with Crippen LogP contribution in [0.15, 0.2) is 0 Å². The predicted octanol–water partition coefficient (Wildman–Crippen LogP) is 0.710. The molecule has 0 heterocycles. The maximum Gasteiger partial charge on any atom is 2.00 e. The molecule has 0 aromatic rings. The summed E-state index contributed by atoms with van der Waals surface area (Å²) in [5.74, 6) is 0. The minimum absolute atomic E-state index is 0. The van der Waals surface area contributed by atoms with Gasteiger partial charge in [0.2, 0.25) is 0 Å². The van der Waals surface area contributed by atoms with Gasteiger partial charge >= 0.3 is 23.1 Å². The van der Waals surface area contributed by atoms with Crippen LogP contribution in [0.25, 0.3) is 16.0 Å². The maximum absolute atomic E-state index is 6.75. The molecule has 0 saturated carbocycles. The van der Waals surface area contributed by atoms with Gasteiger partial charge in [-0.1, -0.05) is 0 Å². The van der Waals surface area contributed by atoms with Crippen LogP contribution in [0.1, 0.15) is 2.85 Å². The van der Waals surface area contributed by atoms with Crippen LogP contribution in [0.3, 0.4) is 0 Å². The van der Waals surface area contributed by atoms with Crippen LogP contribution < -0.4 is 0 Å². The van der Waals surface area contributed by atoms with Crippen LogP contribution in [0.2, 0.25) is 0 Å². The Morgan fingerprint density at radius 2 is 1.50 bits per heavy atom. The molecule has 0 unspecified atom stereocenters. The van der Waals surface area contributed by atoms with Gasteiger partial charge in [-0.2, -0.15) is 0 Å². The second kappa shape index (κ2) is 11.4. The fourth-order valence-electron chi connectivity index (χ4n) is 0. The molecule has 0 rings (SSSR count). The van der Waals surface area contributed by atoms with Gasteiger partial charge in [-0.3, -0.25) is 4.91 Å². The molecule has 0 N–H and O–H groups in total. The minimum Gasteiger partial charge on any atom is -1.00 e. The molecule has 0 aliphatic carbocycles. The summed E-state index contributed by atoms with van der Waals surface area (Å²) in [6.07, 6.45) is 0. The Hall–Kier alpha value is 0.0762. The second-order valence-corrected chi connectivity index (χ2v) is 0.0894. The van der Waals surface area contributed by atoms with Crippen LogP contribution >= 0.6 is 0 Å². The minimum atomic E-state index is 0. The van der Waals surface area contributed by atoms with Gasteiger partial charge in [0.25, 0.3) is 0 Å². The smallest absolute Gasteiger partial charge is 1.00 e. The number of hydrogen-bond acceptors (Lipinski definition) is 0. The van der Waals surface area contributed by atoms with E-state index in [0.29, 0.717) is 0 Å². The van der Waals surface area contributed by atoms with Crippen LogP contribution in [0.5, 0.6) is 0 Å². The molecule has 3 nitrogen and oxygen atoms in total. The van der Waals surface area contributed by atoms with E-state index in [9.17, 15) is 0 Å². The van der Waals surface area contributed by atoms with E-state index in [1.807, 2.05) is 0 Å². The predicted molar refractivity (Wildman–Crippen MR) is 18.1 cm³/mol. The van der Waals surface area contributed by atoms with Crippen molar-refractivity contribution in [1.29, 1.82) is 0 Å². The van der Waals surface area contributed by atoms with Gasteiger partial charge in [0.15, 0.2) is 0 Å². The van der Waals surface area contributed by atoms with Crippen molar-refractivity contribution in [3.05, 3.63) is 16.0 Å². The molecule has 20 valence electrons. The van der Waals surface area contributed by atoms with E-state index in [0.717, 1.165) is 0 Å². The Labute approximate surface area is 42.5 Å². The van der Waals surface area contributed by atoms with Crippen molar-refractivity contribution in [2.24, 2.45) is 0 Å². The molecule has 0 radical (unpaired) electrons. The van der Waals surface area contributed by atoms with Crippen molar-refractivity contribution < 1.29 is 2.85 Å². The van der Waals surface area contributed by atoms with Crippen molar-refractivity contribution in [1.82, 2.24) is 0 Å². The van der Waals surface area contributed by atoms with Gasteiger partial charge in [0.05, 0.1) is 0 Å². The first-order valence-corrected chi connectivity index (χ1v) is 0.400. The quantitative estimate of drug-likeness (QED) is 0.174. The molecule has 0 aliphatic heterocycles. The Morgan fingerprint density at radius 1 is 1.50 bits per heavy atom. The van der Waals surface area contributed by atoms with E-state index >= 15 is 0 Å². The average molecular weight is 68.3 g/mol. The molecule has 4 heteroatoms. The standard InChI is InChI=1S/Mg.N3.2H/c;1-3-2;;/q+2;3*-1. The first-order valence-electron chi connectivity index (χ1n) is 0.400. The van der Waals surface area contributed by atoms with Gasteiger partial charge in [-0.05, 0) is 0 Å². The normalized spacial score (nSPS) is 2.00. The molecule has 0 saturated heterocycles. The molecule has 0 spiro atoms. The average Bonchev–Trinajstić information content (AvgIpc) is 0.918. The summed E-state index contributed by atoms with van der Waals surface area (Å²) in [6.45, 7) is 0. The van der Waals surface area contributed by atoms with Crippen molar-refractivity contribution >= 4 is 23.1 Å². The summed E-state index contributed by atoms with van der Waals surface area (Å²) < 4.78 is 0. The van der Waals surface area contributed by atoms with E-state index in [2.05, 4.69) is 0 Å². The van der Waals surface area contributed by atoms with E-state index in [1.165, 1.54) is 4.91 Å².